The summed E-state index contributed by atoms with van der Waals surface area (Å²) in [5, 5.41) is 5.11. The summed E-state index contributed by atoms with van der Waals surface area (Å²) >= 11 is 1.39. The quantitative estimate of drug-likeness (QED) is 0.722. The molecular weight excluding hydrogens is 363 g/mol. The molecule has 1 saturated heterocycles. The number of halogens is 1. The number of carbonyl (C=O) groups is 1. The van der Waals surface area contributed by atoms with Gasteiger partial charge in [0, 0.05) is 35.9 Å². The van der Waals surface area contributed by atoms with Crippen molar-refractivity contribution >= 4 is 28.7 Å². The molecule has 3 aromatic rings. The van der Waals surface area contributed by atoms with Crippen LogP contribution in [0.25, 0.3) is 10.6 Å². The van der Waals surface area contributed by atoms with Crippen molar-refractivity contribution in [3.8, 4) is 10.6 Å². The smallest absolute Gasteiger partial charge is 0.275 e. The third kappa shape index (κ3) is 3.83. The molecule has 0 saturated carbocycles. The zero-order chi connectivity index (χ0) is 18.8. The van der Waals surface area contributed by atoms with Gasteiger partial charge in [0.15, 0.2) is 0 Å². The van der Waals surface area contributed by atoms with Gasteiger partial charge in [0.2, 0.25) is 0 Å². The highest BCUT2D eigenvalue weighted by Gasteiger charge is 2.15. The van der Waals surface area contributed by atoms with Gasteiger partial charge in [-0.15, -0.1) is 11.3 Å². The van der Waals surface area contributed by atoms with Crippen LogP contribution in [0, 0.1) is 12.7 Å². The largest absolute Gasteiger partial charge is 0.357 e. The Hall–Kier alpha value is -2.80. The second-order valence-electron chi connectivity index (χ2n) is 6.56. The Morgan fingerprint density at radius 3 is 2.74 bits per heavy atom. The van der Waals surface area contributed by atoms with Crippen LogP contribution in [0.4, 0.5) is 15.9 Å². The molecule has 138 valence electrons. The fourth-order valence-electron chi connectivity index (χ4n) is 3.02. The number of rotatable bonds is 4. The van der Waals surface area contributed by atoms with Crippen LogP contribution in [0.15, 0.2) is 41.9 Å². The van der Waals surface area contributed by atoms with Crippen molar-refractivity contribution in [1.82, 2.24) is 9.97 Å². The summed E-state index contributed by atoms with van der Waals surface area (Å²) in [6.07, 6.45) is 4.21. The molecule has 3 heterocycles. The number of amides is 1. The second kappa shape index (κ2) is 7.44. The van der Waals surface area contributed by atoms with Gasteiger partial charge in [0.05, 0.1) is 0 Å². The molecule has 1 aliphatic heterocycles. The molecule has 1 aliphatic rings. The van der Waals surface area contributed by atoms with Crippen LogP contribution >= 0.6 is 11.3 Å². The van der Waals surface area contributed by atoms with Crippen LogP contribution in [0.3, 0.4) is 0 Å². The molecule has 5 nitrogen and oxygen atoms in total. The van der Waals surface area contributed by atoms with Gasteiger partial charge < -0.3 is 10.2 Å². The van der Waals surface area contributed by atoms with Crippen LogP contribution < -0.4 is 10.2 Å². The molecule has 1 amide bonds. The highest BCUT2D eigenvalue weighted by molar-refractivity contribution is 7.13. The van der Waals surface area contributed by atoms with Crippen molar-refractivity contribution in [3.05, 3.63) is 59.0 Å². The number of benzene rings is 1. The maximum absolute atomic E-state index is 13.6. The molecule has 1 aromatic carbocycles. The van der Waals surface area contributed by atoms with E-state index in [1.807, 2.05) is 12.1 Å². The predicted molar refractivity (Wildman–Crippen MR) is 106 cm³/mol. The third-order valence-corrected chi connectivity index (χ3v) is 5.48. The first kappa shape index (κ1) is 17.6. The van der Waals surface area contributed by atoms with E-state index in [0.717, 1.165) is 29.5 Å². The second-order valence-corrected chi connectivity index (χ2v) is 7.41. The summed E-state index contributed by atoms with van der Waals surface area (Å²) in [7, 11) is 0. The summed E-state index contributed by atoms with van der Waals surface area (Å²) in [6, 6.07) is 8.59. The number of nitrogens with one attached hydrogen (secondary N) is 1. The van der Waals surface area contributed by atoms with Crippen LogP contribution in [0.1, 0.15) is 28.9 Å². The van der Waals surface area contributed by atoms with Crippen molar-refractivity contribution < 1.29 is 9.18 Å². The maximum Gasteiger partial charge on any atom is 0.275 e. The van der Waals surface area contributed by atoms with Crippen molar-refractivity contribution in [2.24, 2.45) is 0 Å². The molecule has 0 atom stereocenters. The van der Waals surface area contributed by atoms with Crippen molar-refractivity contribution in [1.29, 1.82) is 0 Å². The van der Waals surface area contributed by atoms with E-state index in [0.29, 0.717) is 16.9 Å². The van der Waals surface area contributed by atoms with E-state index in [4.69, 9.17) is 0 Å². The highest BCUT2D eigenvalue weighted by Crippen LogP contribution is 2.26. The number of aryl methyl sites for hydroxylation is 1. The van der Waals surface area contributed by atoms with Crippen LogP contribution in [0.5, 0.6) is 0 Å². The maximum atomic E-state index is 13.6. The average molecular weight is 382 g/mol. The van der Waals surface area contributed by atoms with Gasteiger partial charge in [-0.3, -0.25) is 4.79 Å². The Morgan fingerprint density at radius 1 is 1.22 bits per heavy atom. The Kier molecular flexibility index (Phi) is 4.85. The number of hydrogen-bond acceptors (Lipinski definition) is 5. The molecule has 1 fully saturated rings. The Morgan fingerprint density at radius 2 is 2.04 bits per heavy atom. The first-order chi connectivity index (χ1) is 13.1. The SMILES string of the molecule is Cc1ccc(NC(=O)c2csc(-c3ccc(N4CCCC4)nc3)n2)cc1F. The van der Waals surface area contributed by atoms with Crippen LogP contribution in [-0.4, -0.2) is 29.0 Å². The molecule has 0 unspecified atom stereocenters. The predicted octanol–water partition coefficient (Wildman–Crippen LogP) is 4.51. The molecule has 0 radical (unpaired) electrons. The zero-order valence-electron chi connectivity index (χ0n) is 14.9. The lowest BCUT2D eigenvalue weighted by molar-refractivity contribution is 0.102. The van der Waals surface area contributed by atoms with Crippen molar-refractivity contribution in [2.45, 2.75) is 19.8 Å². The fourth-order valence-corrected chi connectivity index (χ4v) is 3.81. The van der Waals surface area contributed by atoms with Crippen molar-refractivity contribution in [3.63, 3.8) is 0 Å². The topological polar surface area (TPSA) is 58.1 Å². The lowest BCUT2D eigenvalue weighted by Crippen LogP contribution is -2.18. The zero-order valence-corrected chi connectivity index (χ0v) is 15.7. The minimum absolute atomic E-state index is 0.305. The van der Waals surface area contributed by atoms with Gasteiger partial charge in [-0.25, -0.2) is 14.4 Å². The number of anilines is 2. The number of nitrogens with zero attached hydrogens (tertiary/aromatic N) is 3. The summed E-state index contributed by atoms with van der Waals surface area (Å²) in [5.41, 5.74) is 2.13. The molecule has 27 heavy (non-hydrogen) atoms. The van der Waals surface area contributed by atoms with E-state index in [2.05, 4.69) is 20.2 Å². The van der Waals surface area contributed by atoms with Crippen LogP contribution in [-0.2, 0) is 0 Å². The van der Waals surface area contributed by atoms with Gasteiger partial charge in [0.1, 0.15) is 22.3 Å². The Bertz CT molecular complexity index is 964. The average Bonchev–Trinajstić information content (AvgIpc) is 3.37. The Labute approximate surface area is 160 Å². The molecule has 7 heteroatoms. The molecule has 1 N–H and O–H groups in total. The molecule has 2 aromatic heterocycles. The third-order valence-electron chi connectivity index (χ3n) is 4.59. The standard InChI is InChI=1S/C20H19FN4OS/c1-13-4-6-15(10-16(13)21)23-19(26)17-12-27-20(24-17)14-5-7-18(22-11-14)25-8-2-3-9-25/h4-7,10-12H,2-3,8-9H2,1H3,(H,23,26). The van der Waals surface area contributed by atoms with E-state index >= 15 is 0 Å². The first-order valence-corrected chi connectivity index (χ1v) is 9.72. The van der Waals surface area contributed by atoms with E-state index in [-0.39, 0.29) is 11.7 Å². The molecule has 0 aliphatic carbocycles. The van der Waals surface area contributed by atoms with Gasteiger partial charge >= 0.3 is 0 Å². The lowest BCUT2D eigenvalue weighted by atomic mass is 10.2. The molecular formula is C20H19FN4OS. The monoisotopic (exact) mass is 382 g/mol. The number of aromatic nitrogens is 2. The van der Waals surface area contributed by atoms with Gasteiger partial charge in [-0.05, 0) is 49.6 Å². The van der Waals surface area contributed by atoms with E-state index in [1.165, 1.54) is 30.2 Å². The number of pyridine rings is 1. The minimum atomic E-state index is -0.359. The molecule has 0 bridgehead atoms. The molecule has 0 spiro atoms. The van der Waals surface area contributed by atoms with E-state index in [9.17, 15) is 9.18 Å². The highest BCUT2D eigenvalue weighted by atomic mass is 32.1. The van der Waals surface area contributed by atoms with E-state index in [1.54, 1.807) is 30.6 Å². The summed E-state index contributed by atoms with van der Waals surface area (Å²) in [5.74, 6) is 0.269. The van der Waals surface area contributed by atoms with Crippen molar-refractivity contribution in [2.75, 3.05) is 23.3 Å². The number of hydrogen-bond donors (Lipinski definition) is 1. The summed E-state index contributed by atoms with van der Waals surface area (Å²) in [6.45, 7) is 3.78. The van der Waals surface area contributed by atoms with Gasteiger partial charge in [0.25, 0.3) is 5.91 Å². The first-order valence-electron chi connectivity index (χ1n) is 8.84. The number of thiazole rings is 1. The van der Waals surface area contributed by atoms with Crippen LogP contribution in [0.2, 0.25) is 0 Å². The summed E-state index contributed by atoms with van der Waals surface area (Å²) in [4.78, 5) is 23.6. The minimum Gasteiger partial charge on any atom is -0.357 e. The number of carbonyl (C=O) groups excluding carboxylic acids is 1. The van der Waals surface area contributed by atoms with E-state index < -0.39 is 0 Å². The Balaban J connectivity index is 1.47. The van der Waals surface area contributed by atoms with Gasteiger partial charge in [-0.2, -0.15) is 0 Å². The lowest BCUT2D eigenvalue weighted by Gasteiger charge is -2.15. The summed E-state index contributed by atoms with van der Waals surface area (Å²) < 4.78 is 13.6. The fraction of sp³-hybridized carbons (Fsp3) is 0.250. The molecule has 4 rings (SSSR count). The normalized spacial score (nSPS) is 13.8. The van der Waals surface area contributed by atoms with Gasteiger partial charge in [-0.1, -0.05) is 6.07 Å².